The third kappa shape index (κ3) is 19.2. The number of carbonyl (C=O) groups is 5. The maximum absolute atomic E-state index is 13.8. The summed E-state index contributed by atoms with van der Waals surface area (Å²) in [5.41, 5.74) is -6.28. The number of carbonyl (C=O) groups excluding carboxylic acids is 1. The lowest BCUT2D eigenvalue weighted by Crippen LogP contribution is -2.59. The number of halogens is 16. The van der Waals surface area contributed by atoms with E-state index in [1.54, 1.807) is 62.3 Å². The van der Waals surface area contributed by atoms with Crippen LogP contribution < -0.4 is 49.0 Å². The molecule has 15 heterocycles. The van der Waals surface area contributed by atoms with E-state index in [0.29, 0.717) is 103 Å². The van der Waals surface area contributed by atoms with Gasteiger partial charge < -0.3 is 89.5 Å². The molecule has 5 saturated carbocycles. The van der Waals surface area contributed by atoms with Crippen molar-refractivity contribution >= 4 is 100 Å². The molecule has 726 valence electrons. The number of carboxylic acids is 4. The molecule has 15 aliphatic rings. The van der Waals surface area contributed by atoms with E-state index in [0.717, 1.165) is 37.1 Å². The van der Waals surface area contributed by atoms with Gasteiger partial charge in [0.05, 0.1) is 59.7 Å². The van der Waals surface area contributed by atoms with Gasteiger partial charge in [-0.05, 0) is 142 Å². The fourth-order valence-corrected chi connectivity index (χ4v) is 21.5. The number of carboxylic acid groups (broad SMARTS) is 4. The molecule has 5 unspecified atom stereocenters. The predicted octanol–water partition coefficient (Wildman–Crippen LogP) is 9.86. The van der Waals surface area contributed by atoms with Gasteiger partial charge in [-0.3, -0.25) is 24.0 Å². The topological polar surface area (TPSA) is 419 Å². The largest absolute Gasteiger partial charge is 0.481 e. The summed E-state index contributed by atoms with van der Waals surface area (Å²) >= 11 is 6.11. The summed E-state index contributed by atoms with van der Waals surface area (Å²) in [6.07, 6.45) is -22.6. The number of methoxy groups -OCH3 is 1. The zero-order valence-electron chi connectivity index (χ0n) is 72.7. The van der Waals surface area contributed by atoms with Gasteiger partial charge >= 0.3 is 60.7 Å². The maximum atomic E-state index is 13.8. The normalized spacial score (nSPS) is 31.1. The monoisotopic (exact) mass is 1920 g/mol. The van der Waals surface area contributed by atoms with Crippen LogP contribution in [-0.4, -0.2) is 259 Å². The first kappa shape index (κ1) is 96.1. The highest BCUT2D eigenvalue weighted by Gasteiger charge is 2.62. The average Bonchev–Trinajstić information content (AvgIpc) is 1.56. The van der Waals surface area contributed by atoms with Crippen LogP contribution in [0.15, 0.2) is 24.3 Å². The molecule has 0 amide bonds. The van der Waals surface area contributed by atoms with Crippen molar-refractivity contribution < 1.29 is 130 Å². The number of pyridine rings is 2. The highest BCUT2D eigenvalue weighted by molar-refractivity contribution is 6.34. The second-order valence-corrected chi connectivity index (χ2v) is 38.1. The van der Waals surface area contributed by atoms with Crippen LogP contribution >= 0.6 is 11.6 Å². The molecule has 10 saturated heterocycles. The minimum absolute atomic E-state index is 0.0213. The molecule has 5 aromatic heterocycles. The first-order valence-corrected chi connectivity index (χ1v) is 44.4. The second kappa shape index (κ2) is 35.6. The van der Waals surface area contributed by atoms with Crippen LogP contribution in [0.3, 0.4) is 0 Å². The second-order valence-electron chi connectivity index (χ2n) is 37.7. The minimum Gasteiger partial charge on any atom is -0.481 e. The van der Waals surface area contributed by atoms with Gasteiger partial charge in [0, 0.05) is 161 Å². The molecule has 0 radical (unpaired) electrons. The number of esters is 1. The molecule has 0 spiro atoms. The highest BCUT2D eigenvalue weighted by atomic mass is 35.5. The van der Waals surface area contributed by atoms with Crippen molar-refractivity contribution in [2.45, 2.75) is 159 Å². The Kier molecular flexibility index (Phi) is 25.5. The van der Waals surface area contributed by atoms with E-state index in [-0.39, 0.29) is 199 Å². The summed E-state index contributed by atoms with van der Waals surface area (Å²) in [5, 5.41) is 82.9. The summed E-state index contributed by atoms with van der Waals surface area (Å²) in [5.74, 6) is -0.0786. The smallest absolute Gasteiger partial charge is 0.433 e. The van der Waals surface area contributed by atoms with Gasteiger partial charge in [-0.1, -0.05) is 11.6 Å². The predicted molar refractivity (Wildman–Crippen MR) is 444 cm³/mol. The number of ether oxygens (including phenoxy) is 1. The van der Waals surface area contributed by atoms with E-state index >= 15 is 0 Å². The van der Waals surface area contributed by atoms with Gasteiger partial charge in [0.1, 0.15) is 58.2 Å². The zero-order chi connectivity index (χ0) is 97.0. The number of fused-ring (bicyclic) bond motifs is 5. The minimum atomic E-state index is -4.85. The Balaban J connectivity index is 0.000000122. The molecule has 0 aromatic carbocycles. The third-order valence-electron chi connectivity index (χ3n) is 29.8. The Morgan fingerprint density at radius 2 is 0.672 bits per heavy atom. The molecule has 134 heavy (non-hydrogen) atoms. The van der Waals surface area contributed by atoms with Crippen LogP contribution in [0, 0.1) is 111 Å². The Hall–Kier alpha value is -11.0. The number of hydrogen-bond acceptors (Lipinski definition) is 29. The summed E-state index contributed by atoms with van der Waals surface area (Å²) in [4.78, 5) is 105. The van der Waals surface area contributed by atoms with E-state index in [1.807, 2.05) is 23.6 Å². The summed E-state index contributed by atoms with van der Waals surface area (Å²) in [7, 11) is 1.37. The van der Waals surface area contributed by atoms with Crippen molar-refractivity contribution in [2.24, 2.45) is 88.8 Å². The van der Waals surface area contributed by atoms with Crippen molar-refractivity contribution in [3.8, 4) is 12.1 Å². The first-order valence-electron chi connectivity index (χ1n) is 44.0. The number of aliphatic carboxylic acids is 4. The fourth-order valence-electron chi connectivity index (χ4n) is 21.1. The summed E-state index contributed by atoms with van der Waals surface area (Å²) in [6.45, 7) is 15.7. The van der Waals surface area contributed by atoms with E-state index in [1.165, 1.54) is 16.9 Å². The van der Waals surface area contributed by atoms with Crippen LogP contribution in [0.5, 0.6) is 0 Å². The molecule has 49 heteroatoms. The zero-order valence-corrected chi connectivity index (χ0v) is 73.5. The first-order chi connectivity index (χ1) is 62.8. The van der Waals surface area contributed by atoms with Gasteiger partial charge in [-0.25, -0.2) is 24.9 Å². The Morgan fingerprint density at radius 1 is 0.381 bits per heavy atom. The molecule has 10 aliphatic heterocycles. The number of anilines is 10. The highest BCUT2D eigenvalue weighted by Crippen LogP contribution is 2.60. The number of nitrogens with zero attached hydrogens (tertiary/aromatic N) is 20. The van der Waals surface area contributed by atoms with Crippen molar-refractivity contribution in [2.75, 3.05) is 154 Å². The Labute approximate surface area is 760 Å². The van der Waals surface area contributed by atoms with Crippen LogP contribution in [0.1, 0.15) is 119 Å². The lowest BCUT2D eigenvalue weighted by atomic mass is 9.99. The molecule has 5 aliphatic carbocycles. The standard InChI is InChI=1S/C18H18ClF3N4O3.C18H19F3N4O3.C17H21F3N4O2.C16H19F3N4O3.C16H19F3N4O2/c1-7-12(27)6-26(7)16-9(3-23)14(18(20,21)22)15(19)17(24-16)25-4-10-8(2-13(28)29)11(10)5-25;1-8-14(26)7-25(8)17-10(4-22)13(18(19,20)21)3-15(23-17)24-5-11-9(2-16(27)28)12(11)6-24;1-9-3-4-24(9)16-21-13(17(18,19)20)6-14(22-16)23-7-11-10(12(11)8-23)5-15(25)26-2;1-7-11(24)6-23(7)15-20-12(16(17,18)19)3-13(21-15)22-4-9-8(2-14(25)26)10(9)5-22;1-8-2-3-23(8)15-20-12(16(17,18)19)5-13(21-15)22-6-10-9(4-14(24)25)11(10)7-22/h7-8,10-12,27H,2,4-6H2,1H3,(H,28,29);3,8-9,11-12,14,26H,2,5-7H2,1H3,(H,27,28);6,9-12H,3-5,7-8H2,1-2H3;3,7-11,24H,2,4-6H2,1H3,(H,25,26);5,8-11H,2-4,6-7H2,1H3,(H,24,25)/t7-,8?,10-,11+,12+;8-,9?,11-,12+,14+;9-,10?,11-,12+;7-,8?,9-,10+,11+;8-,9?,10-,11+/m00000/s1. The van der Waals surface area contributed by atoms with Gasteiger partial charge in [0.15, 0.2) is 22.9 Å². The molecular weight excluding hydrogens is 1830 g/mol. The number of hydrogen-bond donors (Lipinski definition) is 7. The number of β-amino-alcohol motifs (C(OH)–C–C–N with tert-alkyl or cyclic N) is 3. The Bertz CT molecular complexity index is 5430. The molecule has 23 atom stereocenters. The van der Waals surface area contributed by atoms with Crippen molar-refractivity contribution in [1.82, 2.24) is 39.9 Å². The fraction of sp³-hybridized carbons (Fsp3) is 0.659. The van der Waals surface area contributed by atoms with Crippen LogP contribution in [-0.2, 0) is 59.6 Å². The number of alkyl halides is 15. The van der Waals surface area contributed by atoms with Gasteiger partial charge in [-0.2, -0.15) is 91.3 Å². The van der Waals surface area contributed by atoms with Crippen molar-refractivity contribution in [3.63, 3.8) is 0 Å². The van der Waals surface area contributed by atoms with E-state index in [2.05, 4.69) is 39.9 Å². The molecule has 5 aromatic rings. The van der Waals surface area contributed by atoms with Crippen LogP contribution in [0.2, 0.25) is 5.02 Å². The van der Waals surface area contributed by atoms with Gasteiger partial charge in [0.25, 0.3) is 0 Å². The SMILES string of the molecule is COC(=O)CC1[C@H]2CN(c3cc(C(F)(F)F)nc(N4CC[C@@H]4C)n3)C[C@@H]12.C[C@H]1CCN1c1nc(N2C[C@@H]3C(CC(=O)O)[C@@H]3C2)cc(C(F)(F)F)n1.C[C@H]1[C@H](O)CN1c1nc(N2C[C@@H]3C(CC(=O)O)[C@@H]3C2)c(Cl)c(C(F)(F)F)c1C#N.C[C@H]1[C@H](O)CN1c1nc(N2C[C@@H]3C(CC(=O)O)[C@@H]3C2)cc(C(F)(F)F)c1C#N.C[C@H]1[C@H](O)CN1c1nc(N2C[C@@H]3C(CC(=O)O)[C@@H]3C2)cc(C(F)(F)F)n1. The van der Waals surface area contributed by atoms with Gasteiger partial charge in [0.2, 0.25) is 17.8 Å². The molecular formula is C85H96ClF15N20O13. The van der Waals surface area contributed by atoms with E-state index < -0.39 is 130 Å². The lowest BCUT2D eigenvalue weighted by molar-refractivity contribution is -0.142. The molecule has 15 fully saturated rings. The molecule has 33 nitrogen and oxygen atoms in total. The van der Waals surface area contributed by atoms with Crippen LogP contribution in [0.4, 0.5) is 124 Å². The summed E-state index contributed by atoms with van der Waals surface area (Å²) in [6, 6.07) is 6.16. The Morgan fingerprint density at radius 3 is 0.925 bits per heavy atom. The number of rotatable bonds is 20. The number of aromatic nitrogens is 8. The van der Waals surface area contributed by atoms with Gasteiger partial charge in [-0.15, -0.1) is 0 Å². The summed E-state index contributed by atoms with van der Waals surface area (Å²) < 4.78 is 206. The molecule has 7 N–H and O–H groups in total. The van der Waals surface area contributed by atoms with Crippen LogP contribution in [0.25, 0.3) is 0 Å². The number of piperidine rings is 5. The third-order valence-corrected chi connectivity index (χ3v) is 30.2. The molecule has 0 bridgehead atoms. The van der Waals surface area contributed by atoms with E-state index in [4.69, 9.17) is 36.8 Å². The number of nitriles is 2. The lowest BCUT2D eigenvalue weighted by Gasteiger charge is -2.45. The number of aliphatic hydroxyl groups excluding tert-OH is 3. The quantitative estimate of drug-likeness (QED) is 0.0281. The molecule has 20 rings (SSSR count). The van der Waals surface area contributed by atoms with Crippen molar-refractivity contribution in [3.05, 3.63) is 68.6 Å². The maximum Gasteiger partial charge on any atom is 0.433 e. The van der Waals surface area contributed by atoms with Crippen molar-refractivity contribution in [1.29, 1.82) is 10.5 Å². The number of aliphatic hydroxyl groups is 3. The average molecular weight is 1930 g/mol. The van der Waals surface area contributed by atoms with E-state index in [9.17, 15) is 116 Å².